The number of benzene rings is 2. The van der Waals surface area contributed by atoms with Gasteiger partial charge in [0.2, 0.25) is 5.95 Å². The number of oxazole rings is 1. The lowest BCUT2D eigenvalue weighted by atomic mass is 10.2. The lowest BCUT2D eigenvalue weighted by Crippen LogP contribution is -2.23. The zero-order valence-electron chi connectivity index (χ0n) is 17.2. The molecule has 4 aromatic rings. The van der Waals surface area contributed by atoms with Gasteiger partial charge in [0.25, 0.3) is 0 Å². The predicted octanol–water partition coefficient (Wildman–Crippen LogP) is 4.65. The Morgan fingerprint density at radius 1 is 1.12 bits per heavy atom. The maximum absolute atomic E-state index is 13.2. The van der Waals surface area contributed by atoms with Crippen molar-refractivity contribution in [3.63, 3.8) is 0 Å². The van der Waals surface area contributed by atoms with Crippen LogP contribution < -0.4 is 21.2 Å². The molecule has 0 radical (unpaired) electrons. The maximum atomic E-state index is 13.2. The highest BCUT2D eigenvalue weighted by molar-refractivity contribution is 5.77. The molecule has 8 nitrogen and oxygen atoms in total. The quantitative estimate of drug-likeness (QED) is 0.462. The molecule has 2 heterocycles. The number of aryl methyl sites for hydroxylation is 2. The molecule has 0 amide bonds. The number of nitrogens with zero attached hydrogens (tertiary/aromatic N) is 3. The van der Waals surface area contributed by atoms with E-state index in [0.29, 0.717) is 16.7 Å². The largest absolute Gasteiger partial charge is 0.497 e. The number of para-hydroxylation sites is 1. The Labute approximate surface area is 179 Å². The van der Waals surface area contributed by atoms with Crippen molar-refractivity contribution in [3.8, 4) is 5.75 Å². The Balaban J connectivity index is 1.69. The number of rotatable bonds is 5. The minimum atomic E-state index is -4.55. The van der Waals surface area contributed by atoms with E-state index in [4.69, 9.17) is 9.15 Å². The van der Waals surface area contributed by atoms with Crippen LogP contribution in [0, 0.1) is 13.8 Å². The summed E-state index contributed by atoms with van der Waals surface area (Å²) >= 11 is 0. The van der Waals surface area contributed by atoms with Crippen LogP contribution in [0.25, 0.3) is 11.1 Å². The van der Waals surface area contributed by atoms with Crippen LogP contribution in [0.4, 0.5) is 30.6 Å². The minimum Gasteiger partial charge on any atom is -0.497 e. The van der Waals surface area contributed by atoms with E-state index in [1.807, 2.05) is 13.0 Å². The fraction of sp³-hybridized carbons (Fsp3) is 0.190. The van der Waals surface area contributed by atoms with Gasteiger partial charge in [0.15, 0.2) is 11.4 Å². The number of anilines is 3. The first kappa shape index (κ1) is 21.2. The Morgan fingerprint density at radius 2 is 1.91 bits per heavy atom. The molecule has 0 fully saturated rings. The molecule has 0 saturated heterocycles. The minimum absolute atomic E-state index is 0.0245. The fourth-order valence-electron chi connectivity index (χ4n) is 3.09. The number of hydrogen-bond acceptors (Lipinski definition) is 7. The first-order chi connectivity index (χ1) is 15.2. The summed E-state index contributed by atoms with van der Waals surface area (Å²) in [6.07, 6.45) is -3.07. The predicted molar refractivity (Wildman–Crippen MR) is 112 cm³/mol. The Hall–Kier alpha value is -4.02. The third kappa shape index (κ3) is 4.09. The van der Waals surface area contributed by atoms with E-state index in [9.17, 15) is 18.0 Å². The summed E-state index contributed by atoms with van der Waals surface area (Å²) in [4.78, 5) is 20.8. The van der Waals surface area contributed by atoms with Crippen molar-refractivity contribution in [2.45, 2.75) is 20.0 Å². The summed E-state index contributed by atoms with van der Waals surface area (Å²) in [5.41, 5.74) is 4.45. The van der Waals surface area contributed by atoms with Gasteiger partial charge in [-0.15, -0.1) is 0 Å². The van der Waals surface area contributed by atoms with E-state index < -0.39 is 17.5 Å². The van der Waals surface area contributed by atoms with Crippen molar-refractivity contribution in [3.05, 3.63) is 69.8 Å². The van der Waals surface area contributed by atoms with Crippen LogP contribution >= 0.6 is 0 Å². The summed E-state index contributed by atoms with van der Waals surface area (Å²) in [6, 6.07) is 8.53. The number of methoxy groups -OCH3 is 1. The first-order valence-corrected chi connectivity index (χ1v) is 9.41. The average Bonchev–Trinajstić information content (AvgIpc) is 3.06. The zero-order chi connectivity index (χ0) is 23.0. The smallest absolute Gasteiger partial charge is 0.439 e. The molecule has 2 N–H and O–H groups in total. The van der Waals surface area contributed by atoms with Gasteiger partial charge in [-0.25, -0.2) is 9.78 Å². The number of alkyl halides is 3. The van der Waals surface area contributed by atoms with Gasteiger partial charge in [-0.3, -0.25) is 5.43 Å². The van der Waals surface area contributed by atoms with E-state index in [2.05, 4.69) is 20.7 Å². The molecule has 166 valence electrons. The van der Waals surface area contributed by atoms with Crippen LogP contribution in [0.2, 0.25) is 0 Å². The molecular weight excluding hydrogens is 427 g/mol. The number of halogens is 3. The van der Waals surface area contributed by atoms with Crippen LogP contribution in [-0.4, -0.2) is 21.8 Å². The summed E-state index contributed by atoms with van der Waals surface area (Å²) in [6.45, 7) is 3.54. The second-order valence-corrected chi connectivity index (χ2v) is 7.04. The van der Waals surface area contributed by atoms with Crippen LogP contribution in [0.5, 0.6) is 5.75 Å². The highest BCUT2D eigenvalue weighted by Crippen LogP contribution is 2.34. The number of fused-ring (bicyclic) bond motifs is 1. The Bertz CT molecular complexity index is 1360. The van der Waals surface area contributed by atoms with E-state index in [1.165, 1.54) is 24.0 Å². The SMILES string of the molecule is COc1cc(Nc2ncc(C)c(Nn3c(=O)oc4c(C)cccc43)n2)cc(C(F)(F)F)c1. The van der Waals surface area contributed by atoms with Gasteiger partial charge in [0.1, 0.15) is 11.3 Å². The molecule has 2 aromatic carbocycles. The molecule has 0 saturated carbocycles. The molecule has 0 spiro atoms. The summed E-state index contributed by atoms with van der Waals surface area (Å²) < 4.78 is 51.0. The molecule has 4 rings (SSSR count). The van der Waals surface area contributed by atoms with Gasteiger partial charge in [-0.05, 0) is 37.6 Å². The molecule has 2 aromatic heterocycles. The molecule has 0 aliphatic carbocycles. The summed E-state index contributed by atoms with van der Waals surface area (Å²) in [5.74, 6) is -0.312. The molecule has 0 atom stereocenters. The van der Waals surface area contributed by atoms with Crippen molar-refractivity contribution >= 4 is 28.6 Å². The number of ether oxygens (including phenoxy) is 1. The summed E-state index contributed by atoms with van der Waals surface area (Å²) in [5, 5.41) is 2.75. The molecule has 0 aliphatic heterocycles. The van der Waals surface area contributed by atoms with E-state index in [1.54, 1.807) is 19.1 Å². The van der Waals surface area contributed by atoms with Crippen LogP contribution in [0.15, 0.2) is 51.8 Å². The average molecular weight is 445 g/mol. The van der Waals surface area contributed by atoms with Crippen LogP contribution in [0.3, 0.4) is 0 Å². The van der Waals surface area contributed by atoms with E-state index in [-0.39, 0.29) is 23.2 Å². The zero-order valence-corrected chi connectivity index (χ0v) is 17.2. The Morgan fingerprint density at radius 3 is 2.62 bits per heavy atom. The van der Waals surface area contributed by atoms with E-state index in [0.717, 1.165) is 17.7 Å². The topological polar surface area (TPSA) is 94.2 Å². The number of aromatic nitrogens is 3. The van der Waals surface area contributed by atoms with Crippen molar-refractivity contribution in [1.82, 2.24) is 14.6 Å². The number of hydrogen-bond donors (Lipinski definition) is 2. The van der Waals surface area contributed by atoms with Crippen LogP contribution in [-0.2, 0) is 6.18 Å². The van der Waals surface area contributed by atoms with Gasteiger partial charge in [0, 0.05) is 23.5 Å². The second-order valence-electron chi connectivity index (χ2n) is 7.04. The van der Waals surface area contributed by atoms with Crippen LogP contribution in [0.1, 0.15) is 16.7 Å². The van der Waals surface area contributed by atoms with Crippen molar-refractivity contribution < 1.29 is 22.3 Å². The molecular formula is C21H18F3N5O3. The first-order valence-electron chi connectivity index (χ1n) is 9.41. The lowest BCUT2D eigenvalue weighted by Gasteiger charge is -2.14. The number of nitrogens with one attached hydrogen (secondary N) is 2. The molecule has 11 heteroatoms. The highest BCUT2D eigenvalue weighted by atomic mass is 19.4. The van der Waals surface area contributed by atoms with Crippen molar-refractivity contribution in [1.29, 1.82) is 0 Å². The monoisotopic (exact) mass is 445 g/mol. The van der Waals surface area contributed by atoms with Crippen molar-refractivity contribution in [2.75, 3.05) is 17.9 Å². The summed E-state index contributed by atoms with van der Waals surface area (Å²) in [7, 11) is 1.28. The fourth-order valence-corrected chi connectivity index (χ4v) is 3.09. The van der Waals surface area contributed by atoms with Gasteiger partial charge >= 0.3 is 11.9 Å². The standard InChI is InChI=1S/C21H18F3N5O3/c1-11-5-4-6-16-17(11)32-20(30)29(16)28-18-12(2)10-25-19(27-18)26-14-7-13(21(22,23)24)8-15(9-14)31-3/h4-10H,1-3H3,(H2,25,26,27,28). The maximum Gasteiger partial charge on any atom is 0.439 e. The molecule has 0 aliphatic rings. The van der Waals surface area contributed by atoms with Crippen molar-refractivity contribution in [2.24, 2.45) is 0 Å². The van der Waals surface area contributed by atoms with Gasteiger partial charge < -0.3 is 14.5 Å². The normalized spacial score (nSPS) is 11.6. The third-order valence-corrected chi connectivity index (χ3v) is 4.72. The highest BCUT2D eigenvalue weighted by Gasteiger charge is 2.31. The third-order valence-electron chi connectivity index (χ3n) is 4.72. The molecule has 0 bridgehead atoms. The molecule has 32 heavy (non-hydrogen) atoms. The lowest BCUT2D eigenvalue weighted by molar-refractivity contribution is -0.137. The second kappa shape index (κ2) is 7.91. The van der Waals surface area contributed by atoms with Gasteiger partial charge in [-0.2, -0.15) is 22.8 Å². The van der Waals surface area contributed by atoms with Gasteiger partial charge in [-0.1, -0.05) is 12.1 Å². The van der Waals surface area contributed by atoms with Gasteiger partial charge in [0.05, 0.1) is 12.7 Å². The Kier molecular flexibility index (Phi) is 5.25. The van der Waals surface area contributed by atoms with E-state index >= 15 is 0 Å². The molecule has 0 unspecified atom stereocenters.